The maximum absolute atomic E-state index is 12.9. The van der Waals surface area contributed by atoms with Crippen LogP contribution in [0.15, 0.2) is 51.7 Å². The minimum Gasteiger partial charge on any atom is -0.301 e. The Kier molecular flexibility index (Phi) is 5.63. The summed E-state index contributed by atoms with van der Waals surface area (Å²) in [5, 5.41) is 4.53. The summed E-state index contributed by atoms with van der Waals surface area (Å²) in [6.45, 7) is 0. The second-order valence-electron chi connectivity index (χ2n) is 7.42. The van der Waals surface area contributed by atoms with Crippen LogP contribution in [0.25, 0.3) is 21.3 Å². The summed E-state index contributed by atoms with van der Waals surface area (Å²) in [5.74, 6) is 0.605. The lowest BCUT2D eigenvalue weighted by atomic mass is 9.89. The molecule has 0 spiro atoms. The predicted octanol–water partition coefficient (Wildman–Crippen LogP) is 7.13. The van der Waals surface area contributed by atoms with Crippen LogP contribution < -0.4 is 5.56 Å². The maximum Gasteiger partial charge on any atom is 0.260 e. The Morgan fingerprint density at radius 1 is 1.07 bits per heavy atom. The molecule has 3 nitrogen and oxygen atoms in total. The van der Waals surface area contributed by atoms with Gasteiger partial charge in [0.2, 0.25) is 0 Å². The second-order valence-corrected chi connectivity index (χ2v) is 10.1. The zero-order valence-electron chi connectivity index (χ0n) is 16.0. The van der Waals surface area contributed by atoms with E-state index < -0.39 is 0 Å². The van der Waals surface area contributed by atoms with Crippen molar-refractivity contribution in [2.75, 3.05) is 0 Å². The number of benzene rings is 2. The number of aromatic nitrogens is 2. The summed E-state index contributed by atoms with van der Waals surface area (Å²) in [7, 11) is 0. The molecule has 1 aliphatic rings. The van der Waals surface area contributed by atoms with Gasteiger partial charge in [0, 0.05) is 26.7 Å². The van der Waals surface area contributed by atoms with Gasteiger partial charge in [-0.1, -0.05) is 59.2 Å². The summed E-state index contributed by atoms with van der Waals surface area (Å²) in [5.41, 5.74) is 5.77. The fourth-order valence-electron chi connectivity index (χ4n) is 3.90. The highest BCUT2D eigenvalue weighted by Gasteiger charge is 2.16. The quantitative estimate of drug-likeness (QED) is 0.253. The van der Waals surface area contributed by atoms with Gasteiger partial charge >= 0.3 is 0 Å². The van der Waals surface area contributed by atoms with Crippen LogP contribution in [0.4, 0.5) is 0 Å². The number of thiophene rings is 1. The second kappa shape index (κ2) is 8.39. The van der Waals surface area contributed by atoms with E-state index in [0.29, 0.717) is 26.3 Å². The van der Waals surface area contributed by atoms with E-state index in [9.17, 15) is 4.79 Å². The van der Waals surface area contributed by atoms with Crippen molar-refractivity contribution < 1.29 is 0 Å². The van der Waals surface area contributed by atoms with E-state index in [4.69, 9.17) is 23.2 Å². The smallest absolute Gasteiger partial charge is 0.260 e. The molecule has 0 unspecified atom stereocenters. The summed E-state index contributed by atoms with van der Waals surface area (Å²) in [6.07, 6.45) is 4.77. The number of halogens is 2. The van der Waals surface area contributed by atoms with Crippen molar-refractivity contribution in [2.24, 2.45) is 0 Å². The average molecular weight is 473 g/mol. The van der Waals surface area contributed by atoms with E-state index in [1.54, 1.807) is 6.07 Å². The van der Waals surface area contributed by atoms with Crippen molar-refractivity contribution in [1.82, 2.24) is 9.97 Å². The largest absolute Gasteiger partial charge is 0.301 e. The number of nitrogens with one attached hydrogen (secondary N) is 1. The highest BCUT2D eigenvalue weighted by molar-refractivity contribution is 7.98. The summed E-state index contributed by atoms with van der Waals surface area (Å²) in [6, 6.07) is 12.0. The number of fused-ring (bicyclic) bond motifs is 2. The Labute approximate surface area is 192 Å². The lowest BCUT2D eigenvalue weighted by Crippen LogP contribution is -2.09. The standard InChI is InChI=1S/C23H18Cl2N2OS2/c24-17-8-7-16(19(25)10-17)11-30-23-26-21(28)20-18(12-29-22(20)27-23)15-6-5-13-3-1-2-4-14(13)9-15/h5-10,12H,1-4,11H2,(H,26,27,28). The van der Waals surface area contributed by atoms with E-state index in [2.05, 4.69) is 28.2 Å². The molecule has 0 saturated heterocycles. The zero-order chi connectivity index (χ0) is 20.7. The molecule has 30 heavy (non-hydrogen) atoms. The first-order valence-corrected chi connectivity index (χ1v) is 12.4. The van der Waals surface area contributed by atoms with E-state index in [1.165, 1.54) is 47.1 Å². The van der Waals surface area contributed by atoms with Gasteiger partial charge in [0.25, 0.3) is 5.56 Å². The minimum absolute atomic E-state index is 0.0985. The number of thioether (sulfide) groups is 1. The fourth-order valence-corrected chi connectivity index (χ4v) is 6.32. The number of H-pyrrole nitrogens is 1. The fraction of sp³-hybridized carbons (Fsp3) is 0.217. The molecule has 2 heterocycles. The van der Waals surface area contributed by atoms with Crippen LogP contribution in [0.3, 0.4) is 0 Å². The first-order chi connectivity index (χ1) is 14.6. The summed E-state index contributed by atoms with van der Waals surface area (Å²) in [4.78, 5) is 21.3. The van der Waals surface area contributed by atoms with E-state index in [0.717, 1.165) is 34.4 Å². The highest BCUT2D eigenvalue weighted by atomic mass is 35.5. The van der Waals surface area contributed by atoms with Gasteiger partial charge < -0.3 is 4.98 Å². The van der Waals surface area contributed by atoms with Gasteiger partial charge in [-0.3, -0.25) is 4.79 Å². The number of aryl methyl sites for hydroxylation is 2. The first-order valence-electron chi connectivity index (χ1n) is 9.79. The molecule has 0 aliphatic heterocycles. The molecule has 152 valence electrons. The molecule has 7 heteroatoms. The Hall–Kier alpha value is -1.79. The maximum atomic E-state index is 12.9. The van der Waals surface area contributed by atoms with E-state index in [1.807, 2.05) is 17.5 Å². The Morgan fingerprint density at radius 2 is 1.90 bits per heavy atom. The molecule has 0 radical (unpaired) electrons. The molecule has 0 fully saturated rings. The van der Waals surface area contributed by atoms with Gasteiger partial charge in [-0.25, -0.2) is 4.98 Å². The van der Waals surface area contributed by atoms with E-state index in [-0.39, 0.29) is 5.56 Å². The molecule has 0 amide bonds. The zero-order valence-corrected chi connectivity index (χ0v) is 19.1. The van der Waals surface area contributed by atoms with Gasteiger partial charge in [0.15, 0.2) is 5.16 Å². The molecule has 0 saturated carbocycles. The average Bonchev–Trinajstić information content (AvgIpc) is 3.17. The number of hydrogen-bond acceptors (Lipinski definition) is 4. The minimum atomic E-state index is -0.0985. The van der Waals surface area contributed by atoms with Crippen molar-refractivity contribution in [3.8, 4) is 11.1 Å². The monoisotopic (exact) mass is 472 g/mol. The third-order valence-corrected chi connectivity index (χ3v) is 7.84. The molecule has 2 aromatic heterocycles. The number of aromatic amines is 1. The topological polar surface area (TPSA) is 45.8 Å². The normalized spacial score (nSPS) is 13.5. The van der Waals surface area contributed by atoms with Crippen LogP contribution in [0, 0.1) is 0 Å². The van der Waals surface area contributed by atoms with Gasteiger partial charge in [0.05, 0.1) is 5.39 Å². The van der Waals surface area contributed by atoms with E-state index >= 15 is 0 Å². The van der Waals surface area contributed by atoms with Gasteiger partial charge in [-0.2, -0.15) is 0 Å². The lowest BCUT2D eigenvalue weighted by molar-refractivity contribution is 0.686. The molecule has 1 aliphatic carbocycles. The predicted molar refractivity (Wildman–Crippen MR) is 128 cm³/mol. The molecule has 0 atom stereocenters. The van der Waals surface area contributed by atoms with Crippen LogP contribution in [-0.4, -0.2) is 9.97 Å². The highest BCUT2D eigenvalue weighted by Crippen LogP contribution is 2.34. The number of hydrogen-bond donors (Lipinski definition) is 1. The van der Waals surface area contributed by atoms with Gasteiger partial charge in [-0.15, -0.1) is 11.3 Å². The van der Waals surface area contributed by atoms with Gasteiger partial charge in [0.1, 0.15) is 4.83 Å². The van der Waals surface area contributed by atoms with Crippen LogP contribution in [0.2, 0.25) is 10.0 Å². The Bertz CT molecular complexity index is 1310. The summed E-state index contributed by atoms with van der Waals surface area (Å²) < 4.78 is 0. The van der Waals surface area contributed by atoms with Crippen LogP contribution in [0.5, 0.6) is 0 Å². The molecule has 1 N–H and O–H groups in total. The molecular weight excluding hydrogens is 455 g/mol. The van der Waals surface area contributed by atoms with Crippen molar-refractivity contribution in [3.63, 3.8) is 0 Å². The van der Waals surface area contributed by atoms with Crippen molar-refractivity contribution in [2.45, 2.75) is 36.6 Å². The lowest BCUT2D eigenvalue weighted by Gasteiger charge is -2.16. The van der Waals surface area contributed by atoms with Crippen molar-refractivity contribution >= 4 is 56.5 Å². The number of nitrogens with zero attached hydrogens (tertiary/aromatic N) is 1. The van der Waals surface area contributed by atoms with Crippen LogP contribution in [0.1, 0.15) is 29.5 Å². The molecular formula is C23H18Cl2N2OS2. The molecule has 5 rings (SSSR count). The first kappa shape index (κ1) is 20.1. The molecule has 2 aromatic carbocycles. The molecule has 4 aromatic rings. The van der Waals surface area contributed by atoms with Crippen LogP contribution >= 0.6 is 46.3 Å². The SMILES string of the molecule is O=c1[nH]c(SCc2ccc(Cl)cc2Cl)nc2scc(-c3ccc4c(c3)CCCC4)c12. The third-order valence-electron chi connectivity index (χ3n) is 5.46. The third kappa shape index (κ3) is 3.92. The number of rotatable bonds is 4. The van der Waals surface area contributed by atoms with Crippen molar-refractivity contribution in [1.29, 1.82) is 0 Å². The Morgan fingerprint density at radius 3 is 2.73 bits per heavy atom. The summed E-state index contributed by atoms with van der Waals surface area (Å²) >= 11 is 15.2. The van der Waals surface area contributed by atoms with Crippen molar-refractivity contribution in [3.05, 3.63) is 78.9 Å². The molecule has 0 bridgehead atoms. The Balaban J connectivity index is 1.45. The van der Waals surface area contributed by atoms with Gasteiger partial charge in [-0.05, 0) is 60.1 Å². The van der Waals surface area contributed by atoms with Crippen LogP contribution in [-0.2, 0) is 18.6 Å².